The molecule has 1 amide bonds. The molecule has 2 N–H and O–H groups in total. The van der Waals surface area contributed by atoms with Crippen LogP contribution in [0.15, 0.2) is 18.2 Å². The molecule has 1 aromatic rings. The Labute approximate surface area is 138 Å². The van der Waals surface area contributed by atoms with E-state index in [2.05, 4.69) is 17.6 Å². The quantitative estimate of drug-likeness (QED) is 0.723. The summed E-state index contributed by atoms with van der Waals surface area (Å²) in [6, 6.07) is 5.60. The molecular formula is C18H28N2O3. The molecule has 128 valence electrons. The number of rotatable bonds is 8. The highest BCUT2D eigenvalue weighted by Crippen LogP contribution is 2.28. The third-order valence-electron chi connectivity index (χ3n) is 3.89. The van der Waals surface area contributed by atoms with Crippen LogP contribution in [0.3, 0.4) is 0 Å². The van der Waals surface area contributed by atoms with E-state index in [4.69, 9.17) is 9.47 Å². The van der Waals surface area contributed by atoms with Crippen molar-refractivity contribution in [3.8, 4) is 11.5 Å². The fourth-order valence-electron chi connectivity index (χ4n) is 2.61. The van der Waals surface area contributed by atoms with E-state index in [9.17, 15) is 4.79 Å². The Morgan fingerprint density at radius 2 is 2.17 bits per heavy atom. The van der Waals surface area contributed by atoms with E-state index in [1.807, 2.05) is 13.0 Å². The van der Waals surface area contributed by atoms with Gasteiger partial charge in [-0.2, -0.15) is 0 Å². The van der Waals surface area contributed by atoms with Crippen LogP contribution in [0.2, 0.25) is 0 Å². The van der Waals surface area contributed by atoms with Crippen molar-refractivity contribution in [1.82, 2.24) is 10.6 Å². The Morgan fingerprint density at radius 3 is 2.87 bits per heavy atom. The standard InChI is InChI=1S/C18H28N2O3/c1-3-5-11-23-16-9-8-14(12-17(16)22-4-2)18(21)20-15-7-6-10-19-13-15/h8-9,12,15,19H,3-7,10-11,13H2,1-2H3,(H,20,21). The van der Waals surface area contributed by atoms with Crippen LogP contribution in [0.25, 0.3) is 0 Å². The molecule has 2 rings (SSSR count). The molecule has 1 saturated heterocycles. The number of piperidine rings is 1. The van der Waals surface area contributed by atoms with E-state index < -0.39 is 0 Å². The van der Waals surface area contributed by atoms with E-state index in [1.165, 1.54) is 0 Å². The Balaban J connectivity index is 2.02. The highest BCUT2D eigenvalue weighted by molar-refractivity contribution is 5.95. The molecule has 1 aromatic carbocycles. The highest BCUT2D eigenvalue weighted by Gasteiger charge is 2.17. The van der Waals surface area contributed by atoms with Gasteiger partial charge in [0.1, 0.15) is 0 Å². The number of ether oxygens (including phenoxy) is 2. The molecule has 5 nitrogen and oxygen atoms in total. The van der Waals surface area contributed by atoms with Crippen LogP contribution in [0.4, 0.5) is 0 Å². The zero-order valence-electron chi connectivity index (χ0n) is 14.2. The lowest BCUT2D eigenvalue weighted by Gasteiger charge is -2.24. The monoisotopic (exact) mass is 320 g/mol. The first kappa shape index (κ1) is 17.6. The minimum Gasteiger partial charge on any atom is -0.490 e. The fourth-order valence-corrected chi connectivity index (χ4v) is 2.61. The van der Waals surface area contributed by atoms with Crippen molar-refractivity contribution in [2.75, 3.05) is 26.3 Å². The molecule has 0 radical (unpaired) electrons. The SMILES string of the molecule is CCCCOc1ccc(C(=O)NC2CCCNC2)cc1OCC. The molecule has 0 aromatic heterocycles. The molecule has 1 heterocycles. The van der Waals surface area contributed by atoms with Crippen LogP contribution in [0.1, 0.15) is 49.9 Å². The Kier molecular flexibility index (Phi) is 7.20. The zero-order chi connectivity index (χ0) is 16.5. The van der Waals surface area contributed by atoms with E-state index in [1.54, 1.807) is 12.1 Å². The average Bonchev–Trinajstić information content (AvgIpc) is 2.57. The van der Waals surface area contributed by atoms with Gasteiger partial charge in [0.2, 0.25) is 0 Å². The molecule has 1 atom stereocenters. The average molecular weight is 320 g/mol. The summed E-state index contributed by atoms with van der Waals surface area (Å²) in [6.07, 6.45) is 4.21. The summed E-state index contributed by atoms with van der Waals surface area (Å²) in [5.74, 6) is 1.29. The van der Waals surface area contributed by atoms with Gasteiger partial charge < -0.3 is 20.1 Å². The number of carbonyl (C=O) groups is 1. The van der Waals surface area contributed by atoms with Gasteiger partial charge in [0.25, 0.3) is 5.91 Å². The van der Waals surface area contributed by atoms with Gasteiger partial charge in [-0.25, -0.2) is 0 Å². The molecule has 5 heteroatoms. The van der Waals surface area contributed by atoms with Gasteiger partial charge >= 0.3 is 0 Å². The smallest absolute Gasteiger partial charge is 0.251 e. The van der Waals surface area contributed by atoms with Gasteiger partial charge in [-0.3, -0.25) is 4.79 Å². The maximum absolute atomic E-state index is 12.4. The first-order valence-corrected chi connectivity index (χ1v) is 8.65. The van der Waals surface area contributed by atoms with Crippen molar-refractivity contribution in [2.24, 2.45) is 0 Å². The van der Waals surface area contributed by atoms with Crippen LogP contribution >= 0.6 is 0 Å². The molecule has 1 aliphatic heterocycles. The van der Waals surface area contributed by atoms with Crippen molar-refractivity contribution in [3.63, 3.8) is 0 Å². The van der Waals surface area contributed by atoms with Crippen molar-refractivity contribution in [2.45, 2.75) is 45.6 Å². The summed E-state index contributed by atoms with van der Waals surface area (Å²) in [5, 5.41) is 6.38. The van der Waals surface area contributed by atoms with Crippen molar-refractivity contribution < 1.29 is 14.3 Å². The molecule has 23 heavy (non-hydrogen) atoms. The van der Waals surface area contributed by atoms with Crippen molar-refractivity contribution in [1.29, 1.82) is 0 Å². The second kappa shape index (κ2) is 9.40. The summed E-state index contributed by atoms with van der Waals surface area (Å²) in [7, 11) is 0. The van der Waals surface area contributed by atoms with Crippen LogP contribution in [-0.4, -0.2) is 38.3 Å². The second-order valence-electron chi connectivity index (χ2n) is 5.81. The number of unbranched alkanes of at least 4 members (excludes halogenated alkanes) is 1. The Hall–Kier alpha value is -1.75. The third kappa shape index (κ3) is 5.43. The topological polar surface area (TPSA) is 59.6 Å². The molecule has 0 saturated carbocycles. The molecular weight excluding hydrogens is 292 g/mol. The number of benzene rings is 1. The lowest BCUT2D eigenvalue weighted by molar-refractivity contribution is 0.0930. The van der Waals surface area contributed by atoms with Crippen LogP contribution < -0.4 is 20.1 Å². The predicted molar refractivity (Wildman–Crippen MR) is 91.4 cm³/mol. The van der Waals surface area contributed by atoms with Gasteiger partial charge in [0.15, 0.2) is 11.5 Å². The third-order valence-corrected chi connectivity index (χ3v) is 3.89. The molecule has 0 bridgehead atoms. The normalized spacial score (nSPS) is 17.6. The van der Waals surface area contributed by atoms with E-state index in [0.717, 1.165) is 38.8 Å². The lowest BCUT2D eigenvalue weighted by Crippen LogP contribution is -2.45. The first-order valence-electron chi connectivity index (χ1n) is 8.65. The predicted octanol–water partition coefficient (Wildman–Crippen LogP) is 2.75. The van der Waals surface area contributed by atoms with Gasteiger partial charge in [-0.1, -0.05) is 13.3 Å². The number of nitrogens with one attached hydrogen (secondary N) is 2. The summed E-state index contributed by atoms with van der Waals surface area (Å²) in [5.41, 5.74) is 0.613. The van der Waals surface area contributed by atoms with E-state index in [-0.39, 0.29) is 11.9 Å². The zero-order valence-corrected chi connectivity index (χ0v) is 14.2. The van der Waals surface area contributed by atoms with Crippen LogP contribution in [-0.2, 0) is 0 Å². The van der Waals surface area contributed by atoms with E-state index in [0.29, 0.717) is 30.3 Å². The Bertz CT molecular complexity index is 499. The highest BCUT2D eigenvalue weighted by atomic mass is 16.5. The summed E-state index contributed by atoms with van der Waals surface area (Å²) < 4.78 is 11.4. The van der Waals surface area contributed by atoms with E-state index >= 15 is 0 Å². The van der Waals surface area contributed by atoms with Crippen LogP contribution in [0, 0.1) is 0 Å². The molecule has 0 spiro atoms. The van der Waals surface area contributed by atoms with Gasteiger partial charge in [-0.05, 0) is 50.9 Å². The minimum absolute atomic E-state index is 0.0558. The largest absolute Gasteiger partial charge is 0.490 e. The minimum atomic E-state index is -0.0558. The maximum Gasteiger partial charge on any atom is 0.251 e. The molecule has 0 aliphatic carbocycles. The summed E-state index contributed by atoms with van der Waals surface area (Å²) >= 11 is 0. The van der Waals surface area contributed by atoms with Gasteiger partial charge in [0, 0.05) is 18.2 Å². The summed E-state index contributed by atoms with van der Waals surface area (Å²) in [6.45, 7) is 7.13. The second-order valence-corrected chi connectivity index (χ2v) is 5.81. The van der Waals surface area contributed by atoms with Gasteiger partial charge in [-0.15, -0.1) is 0 Å². The molecule has 1 aliphatic rings. The van der Waals surface area contributed by atoms with Crippen LogP contribution in [0.5, 0.6) is 11.5 Å². The lowest BCUT2D eigenvalue weighted by atomic mass is 10.1. The number of hydrogen-bond donors (Lipinski definition) is 2. The molecule has 1 unspecified atom stereocenters. The maximum atomic E-state index is 12.4. The van der Waals surface area contributed by atoms with Crippen molar-refractivity contribution in [3.05, 3.63) is 23.8 Å². The van der Waals surface area contributed by atoms with Crippen molar-refractivity contribution >= 4 is 5.91 Å². The van der Waals surface area contributed by atoms with Gasteiger partial charge in [0.05, 0.1) is 13.2 Å². The number of carbonyl (C=O) groups excluding carboxylic acids is 1. The summed E-state index contributed by atoms with van der Waals surface area (Å²) in [4.78, 5) is 12.4. The Morgan fingerprint density at radius 1 is 1.30 bits per heavy atom. The number of hydrogen-bond acceptors (Lipinski definition) is 4. The first-order chi connectivity index (χ1) is 11.2. The number of amides is 1. The fraction of sp³-hybridized carbons (Fsp3) is 0.611. The molecule has 1 fully saturated rings.